The van der Waals surface area contributed by atoms with E-state index in [1.54, 1.807) is 17.5 Å². The van der Waals surface area contributed by atoms with E-state index in [2.05, 4.69) is 0 Å². The van der Waals surface area contributed by atoms with E-state index in [9.17, 15) is 9.36 Å². The highest BCUT2D eigenvalue weighted by Crippen LogP contribution is 2.14. The van der Waals surface area contributed by atoms with E-state index in [1.165, 1.54) is 11.3 Å². The van der Waals surface area contributed by atoms with Crippen molar-refractivity contribution in [3.8, 4) is 0 Å². The van der Waals surface area contributed by atoms with Gasteiger partial charge in [-0.05, 0) is 11.4 Å². The molecule has 0 atom stereocenters. The third kappa shape index (κ3) is 1.44. The normalized spacial score (nSPS) is 9.78. The van der Waals surface area contributed by atoms with Crippen molar-refractivity contribution in [2.24, 2.45) is 0 Å². The molecule has 0 amide bonds. The van der Waals surface area contributed by atoms with Crippen LogP contribution < -0.4 is 0 Å². The number of hydrogen-bond donors (Lipinski definition) is 0. The molecule has 0 saturated carbocycles. The van der Waals surface area contributed by atoms with E-state index in [0.717, 1.165) is 0 Å². The van der Waals surface area contributed by atoms with E-state index in [4.69, 9.17) is 0 Å². The van der Waals surface area contributed by atoms with Crippen LogP contribution >= 0.6 is 19.8 Å². The van der Waals surface area contributed by atoms with E-state index in [0.29, 0.717) is 4.88 Å². The fourth-order valence-electron chi connectivity index (χ4n) is 0.445. The van der Waals surface area contributed by atoms with Gasteiger partial charge in [0.1, 0.15) is 0 Å². The van der Waals surface area contributed by atoms with Crippen LogP contribution in [0.3, 0.4) is 0 Å². The Morgan fingerprint density at radius 1 is 1.67 bits per heavy atom. The number of carbonyl (C=O) groups excluding carboxylic acids is 1. The van der Waals surface area contributed by atoms with Gasteiger partial charge in [0, 0.05) is 0 Å². The smallest absolute Gasteiger partial charge is 0.262 e. The second kappa shape index (κ2) is 2.85. The highest BCUT2D eigenvalue weighted by molar-refractivity contribution is 7.49. The zero-order valence-corrected chi connectivity index (χ0v) is 6.11. The van der Waals surface area contributed by atoms with E-state index in [-0.39, 0.29) is 5.52 Å². The topological polar surface area (TPSA) is 34.1 Å². The van der Waals surface area contributed by atoms with Crippen LogP contribution in [0.5, 0.6) is 0 Å². The first kappa shape index (κ1) is 6.59. The molecule has 0 radical (unpaired) electrons. The van der Waals surface area contributed by atoms with Gasteiger partial charge in [0.15, 0.2) is 0 Å². The summed E-state index contributed by atoms with van der Waals surface area (Å²) in [5, 5.41) is 1.78. The van der Waals surface area contributed by atoms with Crippen molar-refractivity contribution >= 4 is 25.3 Å². The zero-order valence-electron chi connectivity index (χ0n) is 4.40. The zero-order chi connectivity index (χ0) is 6.69. The predicted molar refractivity (Wildman–Crippen MR) is 36.3 cm³/mol. The molecule has 46 valence electrons. The summed E-state index contributed by atoms with van der Waals surface area (Å²) in [6.45, 7) is 0. The molecule has 0 unspecified atom stereocenters. The van der Waals surface area contributed by atoms with Crippen LogP contribution in [0.4, 0.5) is 0 Å². The molecule has 0 spiro atoms. The summed E-state index contributed by atoms with van der Waals surface area (Å²) in [7, 11) is -0.424. The highest BCUT2D eigenvalue weighted by Gasteiger charge is 2.03. The summed E-state index contributed by atoms with van der Waals surface area (Å²) in [5.41, 5.74) is -0.343. The van der Waals surface area contributed by atoms with Gasteiger partial charge in [-0.15, -0.1) is 11.3 Å². The molecule has 0 fully saturated rings. The maximum absolute atomic E-state index is 10.6. The minimum Gasteiger partial charge on any atom is -0.279 e. The van der Waals surface area contributed by atoms with Crippen molar-refractivity contribution in [3.63, 3.8) is 0 Å². The van der Waals surface area contributed by atoms with Crippen LogP contribution in [0.1, 0.15) is 9.67 Å². The number of rotatable bonds is 2. The lowest BCUT2D eigenvalue weighted by Gasteiger charge is -1.77. The van der Waals surface area contributed by atoms with Gasteiger partial charge in [0.25, 0.3) is 5.52 Å². The third-order valence-electron chi connectivity index (χ3n) is 0.815. The maximum atomic E-state index is 10.6. The molecule has 9 heavy (non-hydrogen) atoms. The van der Waals surface area contributed by atoms with Gasteiger partial charge < -0.3 is 0 Å². The summed E-state index contributed by atoms with van der Waals surface area (Å²) in [4.78, 5) is 11.1. The van der Waals surface area contributed by atoms with Gasteiger partial charge >= 0.3 is 0 Å². The first-order valence-electron chi connectivity index (χ1n) is 2.26. The Hall–Kier alpha value is -0.530. The minimum atomic E-state index is -0.424. The Labute approximate surface area is 57.7 Å². The molecule has 0 saturated heterocycles. The molecular formula is C5H3O2PS. The summed E-state index contributed by atoms with van der Waals surface area (Å²) < 4.78 is 9.96. The lowest BCUT2D eigenvalue weighted by molar-refractivity contribution is 0.108. The van der Waals surface area contributed by atoms with Gasteiger partial charge in [-0.1, -0.05) is 6.07 Å². The Morgan fingerprint density at radius 2 is 2.44 bits per heavy atom. The Balaban J connectivity index is 2.89. The molecule has 0 bridgehead atoms. The fourth-order valence-corrected chi connectivity index (χ4v) is 1.44. The van der Waals surface area contributed by atoms with Crippen LogP contribution in [0, 0.1) is 0 Å². The summed E-state index contributed by atoms with van der Waals surface area (Å²) >= 11 is 1.30. The lowest BCUT2D eigenvalue weighted by atomic mass is 10.5. The average Bonchev–Trinajstić information content (AvgIpc) is 2.37. The van der Waals surface area contributed by atoms with Crippen molar-refractivity contribution in [2.45, 2.75) is 0 Å². The van der Waals surface area contributed by atoms with Gasteiger partial charge in [-0.3, -0.25) is 9.36 Å². The molecule has 1 heterocycles. The van der Waals surface area contributed by atoms with Crippen molar-refractivity contribution in [3.05, 3.63) is 22.4 Å². The largest absolute Gasteiger partial charge is 0.279 e. The monoisotopic (exact) mass is 158 g/mol. The number of thiophene rings is 1. The van der Waals surface area contributed by atoms with Crippen molar-refractivity contribution in [1.82, 2.24) is 0 Å². The van der Waals surface area contributed by atoms with E-state index >= 15 is 0 Å². The Kier molecular flexibility index (Phi) is 2.09. The predicted octanol–water partition coefficient (Wildman–Crippen LogP) is 2.18. The minimum absolute atomic E-state index is 0.343. The van der Waals surface area contributed by atoms with E-state index in [1.807, 2.05) is 0 Å². The van der Waals surface area contributed by atoms with Gasteiger partial charge in [0.2, 0.25) is 8.46 Å². The quantitative estimate of drug-likeness (QED) is 0.618. The lowest BCUT2D eigenvalue weighted by Crippen LogP contribution is -1.79. The maximum Gasteiger partial charge on any atom is 0.262 e. The van der Waals surface area contributed by atoms with Crippen molar-refractivity contribution in [2.75, 3.05) is 0 Å². The van der Waals surface area contributed by atoms with Crippen LogP contribution in [0.25, 0.3) is 0 Å². The van der Waals surface area contributed by atoms with Crippen molar-refractivity contribution < 1.29 is 9.36 Å². The summed E-state index contributed by atoms with van der Waals surface area (Å²) in [6, 6.07) is 3.40. The molecule has 1 rings (SSSR count). The van der Waals surface area contributed by atoms with Gasteiger partial charge in [-0.25, -0.2) is 0 Å². The van der Waals surface area contributed by atoms with Crippen LogP contribution in [-0.2, 0) is 4.57 Å². The molecule has 0 aromatic carbocycles. The molecule has 1 aromatic heterocycles. The molecule has 4 heteroatoms. The number of hydrogen-bond acceptors (Lipinski definition) is 3. The summed E-state index contributed by atoms with van der Waals surface area (Å²) in [6.07, 6.45) is 0. The van der Waals surface area contributed by atoms with Gasteiger partial charge in [-0.2, -0.15) is 0 Å². The number of carbonyl (C=O) groups is 1. The molecule has 1 aromatic rings. The summed E-state index contributed by atoms with van der Waals surface area (Å²) in [5.74, 6) is 0. The second-order valence-electron chi connectivity index (χ2n) is 1.37. The first-order chi connectivity index (χ1) is 4.34. The van der Waals surface area contributed by atoms with Crippen LogP contribution in [0.2, 0.25) is 0 Å². The molecule has 2 nitrogen and oxygen atoms in total. The Bertz CT molecular complexity index is 217. The van der Waals surface area contributed by atoms with Crippen molar-refractivity contribution in [1.29, 1.82) is 0 Å². The molecule has 0 N–H and O–H groups in total. The first-order valence-corrected chi connectivity index (χ1v) is 3.95. The average molecular weight is 158 g/mol. The molecule has 0 aliphatic carbocycles. The molecular weight excluding hydrogens is 155 g/mol. The van der Waals surface area contributed by atoms with Crippen LogP contribution in [0.15, 0.2) is 17.5 Å². The SMILES string of the molecule is O=PC(=O)c1cccs1. The van der Waals surface area contributed by atoms with Gasteiger partial charge in [0.05, 0.1) is 4.88 Å². The fraction of sp³-hybridized carbons (Fsp3) is 0. The van der Waals surface area contributed by atoms with E-state index < -0.39 is 8.46 Å². The molecule has 0 aliphatic rings. The third-order valence-corrected chi connectivity index (χ3v) is 2.24. The Morgan fingerprint density at radius 3 is 2.89 bits per heavy atom. The van der Waals surface area contributed by atoms with Crippen LogP contribution in [-0.4, -0.2) is 5.52 Å². The second-order valence-corrected chi connectivity index (χ2v) is 2.91. The molecule has 0 aliphatic heterocycles. The standard InChI is InChI=1S/C5H3O2PS/c6-5(8-7)4-2-1-3-9-4/h1-3H. The highest BCUT2D eigenvalue weighted by atomic mass is 32.1.